The number of hydrogen-bond donors (Lipinski definition) is 0. The van der Waals surface area contributed by atoms with E-state index in [2.05, 4.69) is 53.4 Å². The molecule has 0 bridgehead atoms. The Balaban J connectivity index is 1.52. The van der Waals surface area contributed by atoms with Crippen molar-refractivity contribution in [3.8, 4) is 0 Å². The molecule has 6 nitrogen and oxygen atoms in total. The zero-order valence-electron chi connectivity index (χ0n) is 21.5. The molecule has 36 heavy (non-hydrogen) atoms. The van der Waals surface area contributed by atoms with Gasteiger partial charge in [0, 0.05) is 26.2 Å². The lowest BCUT2D eigenvalue weighted by molar-refractivity contribution is -0.134. The Bertz CT molecular complexity index is 1250. The van der Waals surface area contributed by atoms with Crippen LogP contribution >= 0.6 is 0 Å². The van der Waals surface area contributed by atoms with Crippen LogP contribution in [0.2, 0.25) is 0 Å². The molecule has 0 spiro atoms. The quantitative estimate of drug-likeness (QED) is 0.478. The third-order valence-corrected chi connectivity index (χ3v) is 8.27. The molecule has 0 unspecified atom stereocenters. The van der Waals surface area contributed by atoms with Crippen molar-refractivity contribution in [3.63, 3.8) is 0 Å². The smallest absolute Gasteiger partial charge is 0.246 e. The van der Waals surface area contributed by atoms with Crippen molar-refractivity contribution >= 4 is 21.6 Å². The summed E-state index contributed by atoms with van der Waals surface area (Å²) < 4.78 is 26.8. The molecule has 1 atom stereocenters. The standard InChI is InChI=1S/C29H35N3O3S/c1-22-15-16-27(21-23(22)2)32(36(4,34)35)24(3)29(33)31-19-17-30(18-20-31)28(25-11-7-5-8-12-25)26-13-9-6-10-14-26/h5-16,21,24,28H,17-20H2,1-4H3/t24-/m0/s1. The van der Waals surface area contributed by atoms with Crippen LogP contribution in [-0.2, 0) is 14.8 Å². The SMILES string of the molecule is Cc1ccc(N([C@@H](C)C(=O)N2CCN(C(c3ccccc3)c3ccccc3)CC2)S(C)(=O)=O)cc1C. The predicted molar refractivity (Wildman–Crippen MR) is 146 cm³/mol. The van der Waals surface area contributed by atoms with Gasteiger partial charge in [0.05, 0.1) is 18.0 Å². The third kappa shape index (κ3) is 5.63. The van der Waals surface area contributed by atoms with Crippen molar-refractivity contribution in [2.24, 2.45) is 0 Å². The van der Waals surface area contributed by atoms with Gasteiger partial charge in [0.15, 0.2) is 0 Å². The summed E-state index contributed by atoms with van der Waals surface area (Å²) in [5.74, 6) is -0.172. The molecule has 1 saturated heterocycles. The first-order valence-corrected chi connectivity index (χ1v) is 14.2. The van der Waals surface area contributed by atoms with Crippen molar-refractivity contribution in [1.82, 2.24) is 9.80 Å². The first kappa shape index (κ1) is 25.9. The van der Waals surface area contributed by atoms with E-state index < -0.39 is 16.1 Å². The van der Waals surface area contributed by atoms with Crippen molar-refractivity contribution in [2.75, 3.05) is 36.7 Å². The molecule has 0 aromatic heterocycles. The number of amides is 1. The minimum Gasteiger partial charge on any atom is -0.338 e. The minimum absolute atomic E-state index is 0.102. The van der Waals surface area contributed by atoms with Gasteiger partial charge in [-0.05, 0) is 55.2 Å². The lowest BCUT2D eigenvalue weighted by atomic mass is 9.96. The van der Waals surface area contributed by atoms with Gasteiger partial charge in [-0.25, -0.2) is 8.42 Å². The van der Waals surface area contributed by atoms with E-state index in [-0.39, 0.29) is 11.9 Å². The molecule has 190 valence electrons. The lowest BCUT2D eigenvalue weighted by Gasteiger charge is -2.41. The number of carbonyl (C=O) groups is 1. The van der Waals surface area contributed by atoms with Crippen LogP contribution in [0.25, 0.3) is 0 Å². The minimum atomic E-state index is -3.65. The molecule has 1 aliphatic heterocycles. The number of benzene rings is 3. The summed E-state index contributed by atoms with van der Waals surface area (Å²) >= 11 is 0. The molecule has 0 N–H and O–H groups in total. The Hall–Kier alpha value is -3.16. The van der Waals surface area contributed by atoms with Gasteiger partial charge in [0.25, 0.3) is 0 Å². The number of aryl methyl sites for hydroxylation is 2. The van der Waals surface area contributed by atoms with Crippen molar-refractivity contribution in [2.45, 2.75) is 32.9 Å². The Labute approximate surface area is 215 Å². The van der Waals surface area contributed by atoms with Gasteiger partial charge >= 0.3 is 0 Å². The van der Waals surface area contributed by atoms with Crippen molar-refractivity contribution < 1.29 is 13.2 Å². The Morgan fingerprint density at radius 3 is 1.81 bits per heavy atom. The largest absolute Gasteiger partial charge is 0.338 e. The maximum absolute atomic E-state index is 13.5. The topological polar surface area (TPSA) is 60.9 Å². The molecule has 3 aromatic carbocycles. The first-order valence-electron chi connectivity index (χ1n) is 12.4. The highest BCUT2D eigenvalue weighted by molar-refractivity contribution is 7.92. The Morgan fingerprint density at radius 2 is 1.33 bits per heavy atom. The van der Waals surface area contributed by atoms with E-state index in [1.165, 1.54) is 15.4 Å². The number of carbonyl (C=O) groups excluding carboxylic acids is 1. The van der Waals surface area contributed by atoms with E-state index in [1.54, 1.807) is 17.9 Å². The monoisotopic (exact) mass is 505 g/mol. The molecule has 0 aliphatic carbocycles. The van der Waals surface area contributed by atoms with Crippen molar-refractivity contribution in [1.29, 1.82) is 0 Å². The van der Waals surface area contributed by atoms with E-state index in [1.807, 2.05) is 38.1 Å². The molecule has 4 rings (SSSR count). The molecular weight excluding hydrogens is 470 g/mol. The highest BCUT2D eigenvalue weighted by Crippen LogP contribution is 2.30. The molecular formula is C29H35N3O3S. The molecule has 1 aliphatic rings. The normalized spacial score (nSPS) is 15.6. The average Bonchev–Trinajstić information content (AvgIpc) is 2.87. The van der Waals surface area contributed by atoms with E-state index in [4.69, 9.17) is 0 Å². The molecule has 1 fully saturated rings. The Morgan fingerprint density at radius 1 is 0.806 bits per heavy atom. The van der Waals surface area contributed by atoms with Crippen LogP contribution in [0, 0.1) is 13.8 Å². The molecule has 0 radical (unpaired) electrons. The maximum Gasteiger partial charge on any atom is 0.246 e. The molecule has 0 saturated carbocycles. The van der Waals surface area contributed by atoms with Crippen LogP contribution in [0.3, 0.4) is 0 Å². The zero-order valence-corrected chi connectivity index (χ0v) is 22.3. The molecule has 3 aromatic rings. The van der Waals surface area contributed by atoms with Crippen LogP contribution < -0.4 is 4.31 Å². The molecule has 1 heterocycles. The maximum atomic E-state index is 13.5. The summed E-state index contributed by atoms with van der Waals surface area (Å²) in [4.78, 5) is 17.7. The van der Waals surface area contributed by atoms with Gasteiger partial charge in [-0.15, -0.1) is 0 Å². The van der Waals surface area contributed by atoms with E-state index in [0.29, 0.717) is 31.9 Å². The fraction of sp³-hybridized carbons (Fsp3) is 0.345. The van der Waals surface area contributed by atoms with Gasteiger partial charge < -0.3 is 4.90 Å². The summed E-state index contributed by atoms with van der Waals surface area (Å²) in [7, 11) is -3.65. The predicted octanol–water partition coefficient (Wildman–Crippen LogP) is 4.39. The van der Waals surface area contributed by atoms with Crippen LogP contribution in [0.4, 0.5) is 5.69 Å². The summed E-state index contributed by atoms with van der Waals surface area (Å²) in [5.41, 5.74) is 5.02. The van der Waals surface area contributed by atoms with Gasteiger partial charge in [0.1, 0.15) is 6.04 Å². The second-order valence-corrected chi connectivity index (χ2v) is 11.4. The van der Waals surface area contributed by atoms with Crippen LogP contribution in [0.1, 0.15) is 35.2 Å². The van der Waals surface area contributed by atoms with Crippen molar-refractivity contribution in [3.05, 3.63) is 101 Å². The van der Waals surface area contributed by atoms with Gasteiger partial charge in [0.2, 0.25) is 15.9 Å². The van der Waals surface area contributed by atoms with E-state index in [0.717, 1.165) is 17.4 Å². The number of anilines is 1. The number of hydrogen-bond acceptors (Lipinski definition) is 4. The fourth-order valence-electron chi connectivity index (χ4n) is 5.01. The summed E-state index contributed by atoms with van der Waals surface area (Å²) in [6, 6.07) is 25.6. The second kappa shape index (κ2) is 10.8. The summed E-state index contributed by atoms with van der Waals surface area (Å²) in [6.07, 6.45) is 1.16. The van der Waals surface area contributed by atoms with Crippen LogP contribution in [-0.4, -0.2) is 62.6 Å². The molecule has 1 amide bonds. The van der Waals surface area contributed by atoms with E-state index >= 15 is 0 Å². The third-order valence-electron chi connectivity index (χ3n) is 7.03. The second-order valence-electron chi connectivity index (χ2n) is 9.59. The van der Waals surface area contributed by atoms with Crippen LogP contribution in [0.5, 0.6) is 0 Å². The summed E-state index contributed by atoms with van der Waals surface area (Å²) in [6.45, 7) is 8.11. The molecule has 7 heteroatoms. The number of piperazine rings is 1. The fourth-order valence-corrected chi connectivity index (χ4v) is 6.18. The summed E-state index contributed by atoms with van der Waals surface area (Å²) in [5, 5.41) is 0. The van der Waals surface area contributed by atoms with Gasteiger partial charge in [-0.2, -0.15) is 0 Å². The number of nitrogens with zero attached hydrogens (tertiary/aromatic N) is 3. The average molecular weight is 506 g/mol. The number of rotatable bonds is 7. The van der Waals surface area contributed by atoms with Gasteiger partial charge in [-0.3, -0.25) is 14.0 Å². The number of sulfonamides is 1. The van der Waals surface area contributed by atoms with Crippen LogP contribution in [0.15, 0.2) is 78.9 Å². The lowest BCUT2D eigenvalue weighted by Crippen LogP contribution is -2.55. The zero-order chi connectivity index (χ0) is 25.9. The van der Waals surface area contributed by atoms with E-state index in [9.17, 15) is 13.2 Å². The van der Waals surface area contributed by atoms with Gasteiger partial charge in [-0.1, -0.05) is 66.7 Å². The first-order chi connectivity index (χ1) is 17.2. The highest BCUT2D eigenvalue weighted by Gasteiger charge is 2.35. The highest BCUT2D eigenvalue weighted by atomic mass is 32.2. The Kier molecular flexibility index (Phi) is 7.81.